The van der Waals surface area contributed by atoms with Gasteiger partial charge in [-0.1, -0.05) is 39.7 Å². The summed E-state index contributed by atoms with van der Waals surface area (Å²) in [6.45, 7) is 0. The van der Waals surface area contributed by atoms with Crippen LogP contribution in [0.25, 0.3) is 0 Å². The van der Waals surface area contributed by atoms with Crippen molar-refractivity contribution in [2.45, 2.75) is 0 Å². The maximum Gasteiger partial charge on any atom is 0.259 e. The molecule has 0 fully saturated rings. The molecule has 0 aliphatic heterocycles. The number of amides is 2. The Hall–Kier alpha value is -2.83. The number of hydrogen-bond acceptors (Lipinski definition) is 3. The van der Waals surface area contributed by atoms with Crippen LogP contribution in [0.1, 0.15) is 20.7 Å². The lowest BCUT2D eigenvalue weighted by atomic mass is 10.1. The van der Waals surface area contributed by atoms with E-state index in [-0.39, 0.29) is 11.8 Å². The first-order valence-corrected chi connectivity index (χ1v) is 9.45. The smallest absolute Gasteiger partial charge is 0.259 e. The van der Waals surface area contributed by atoms with Gasteiger partial charge in [0.15, 0.2) is 0 Å². The van der Waals surface area contributed by atoms with Crippen molar-refractivity contribution in [1.82, 2.24) is 0 Å². The van der Waals surface area contributed by atoms with Gasteiger partial charge in [0.25, 0.3) is 11.8 Å². The molecule has 5 nitrogen and oxygen atoms in total. The molecule has 28 heavy (non-hydrogen) atoms. The van der Waals surface area contributed by atoms with Crippen LogP contribution >= 0.6 is 27.5 Å². The van der Waals surface area contributed by atoms with Crippen LogP contribution in [0, 0.1) is 0 Å². The molecule has 0 saturated carbocycles. The average molecular weight is 460 g/mol. The predicted molar refractivity (Wildman–Crippen MR) is 114 cm³/mol. The molecule has 0 spiro atoms. The van der Waals surface area contributed by atoms with Crippen LogP contribution in [0.2, 0.25) is 5.02 Å². The van der Waals surface area contributed by atoms with E-state index in [0.29, 0.717) is 33.3 Å². The second-order valence-corrected chi connectivity index (χ2v) is 7.20. The van der Waals surface area contributed by atoms with Gasteiger partial charge in [0.1, 0.15) is 5.75 Å². The predicted octanol–water partition coefficient (Wildman–Crippen LogP) is 5.62. The van der Waals surface area contributed by atoms with Gasteiger partial charge >= 0.3 is 0 Å². The molecule has 3 rings (SSSR count). The Labute approximate surface area is 175 Å². The number of anilines is 2. The normalized spacial score (nSPS) is 10.2. The zero-order valence-corrected chi connectivity index (χ0v) is 17.2. The summed E-state index contributed by atoms with van der Waals surface area (Å²) in [6.07, 6.45) is 0. The monoisotopic (exact) mass is 458 g/mol. The van der Waals surface area contributed by atoms with Crippen LogP contribution < -0.4 is 15.4 Å². The molecule has 0 aliphatic rings. The zero-order valence-electron chi connectivity index (χ0n) is 14.8. The molecule has 3 aromatic rings. The number of halogens is 2. The first-order valence-electron chi connectivity index (χ1n) is 8.28. The summed E-state index contributed by atoms with van der Waals surface area (Å²) < 4.78 is 6.00. The van der Waals surface area contributed by atoms with Crippen molar-refractivity contribution in [2.75, 3.05) is 17.7 Å². The van der Waals surface area contributed by atoms with E-state index in [1.54, 1.807) is 66.7 Å². The molecule has 2 amide bonds. The fourth-order valence-corrected chi connectivity index (χ4v) is 3.12. The molecule has 0 aliphatic carbocycles. The van der Waals surface area contributed by atoms with E-state index in [9.17, 15) is 9.59 Å². The minimum absolute atomic E-state index is 0.307. The number of hydrogen-bond donors (Lipinski definition) is 2. The molecular formula is C21H16BrClN2O3. The van der Waals surface area contributed by atoms with Crippen LogP contribution in [0.15, 0.2) is 71.2 Å². The van der Waals surface area contributed by atoms with Gasteiger partial charge in [-0.15, -0.1) is 0 Å². The quantitative estimate of drug-likeness (QED) is 0.521. The van der Waals surface area contributed by atoms with E-state index in [0.717, 1.165) is 4.47 Å². The highest BCUT2D eigenvalue weighted by atomic mass is 79.9. The van der Waals surface area contributed by atoms with Gasteiger partial charge in [-0.05, 0) is 54.6 Å². The van der Waals surface area contributed by atoms with Gasteiger partial charge in [0.05, 0.1) is 12.7 Å². The molecule has 0 heterocycles. The Balaban J connectivity index is 1.77. The van der Waals surface area contributed by atoms with Crippen LogP contribution in [0.4, 0.5) is 11.4 Å². The molecule has 3 aromatic carbocycles. The number of methoxy groups -OCH3 is 1. The topological polar surface area (TPSA) is 67.4 Å². The summed E-state index contributed by atoms with van der Waals surface area (Å²) in [6, 6.07) is 18.7. The SMILES string of the molecule is COc1ccc(Br)cc1C(=O)Nc1cccc(C(=O)Nc2cccc(Cl)c2)c1. The number of carbonyl (C=O) groups is 2. The van der Waals surface area contributed by atoms with E-state index in [4.69, 9.17) is 16.3 Å². The van der Waals surface area contributed by atoms with Crippen molar-refractivity contribution in [3.63, 3.8) is 0 Å². The molecule has 142 valence electrons. The second kappa shape index (κ2) is 8.91. The van der Waals surface area contributed by atoms with Gasteiger partial charge in [-0.3, -0.25) is 9.59 Å². The van der Waals surface area contributed by atoms with Crippen LogP contribution in [-0.4, -0.2) is 18.9 Å². The van der Waals surface area contributed by atoms with Crippen LogP contribution in [0.3, 0.4) is 0 Å². The zero-order chi connectivity index (χ0) is 20.1. The van der Waals surface area contributed by atoms with E-state index in [1.807, 2.05) is 0 Å². The molecule has 0 bridgehead atoms. The third kappa shape index (κ3) is 4.91. The van der Waals surface area contributed by atoms with Crippen molar-refractivity contribution < 1.29 is 14.3 Å². The Morgan fingerprint density at radius 3 is 2.29 bits per heavy atom. The highest BCUT2D eigenvalue weighted by molar-refractivity contribution is 9.10. The minimum atomic E-state index is -0.342. The number of rotatable bonds is 5. The minimum Gasteiger partial charge on any atom is -0.496 e. The maximum atomic E-state index is 12.6. The third-order valence-corrected chi connectivity index (χ3v) is 4.60. The number of nitrogens with one attached hydrogen (secondary N) is 2. The van der Waals surface area contributed by atoms with Crippen molar-refractivity contribution in [3.8, 4) is 5.75 Å². The molecule has 0 aromatic heterocycles. The van der Waals surface area contributed by atoms with Gasteiger partial charge < -0.3 is 15.4 Å². The van der Waals surface area contributed by atoms with Crippen molar-refractivity contribution in [3.05, 3.63) is 87.4 Å². The van der Waals surface area contributed by atoms with Gasteiger partial charge in [0.2, 0.25) is 0 Å². The molecular weight excluding hydrogens is 444 g/mol. The van der Waals surface area contributed by atoms with Crippen molar-refractivity contribution >= 4 is 50.7 Å². The average Bonchev–Trinajstić information content (AvgIpc) is 2.68. The summed E-state index contributed by atoms with van der Waals surface area (Å²) in [7, 11) is 1.50. The molecule has 0 atom stereocenters. The largest absolute Gasteiger partial charge is 0.496 e. The Kier molecular flexibility index (Phi) is 6.34. The highest BCUT2D eigenvalue weighted by Crippen LogP contribution is 2.24. The van der Waals surface area contributed by atoms with E-state index >= 15 is 0 Å². The number of carbonyl (C=O) groups excluding carboxylic acids is 2. The van der Waals surface area contributed by atoms with Gasteiger partial charge in [-0.2, -0.15) is 0 Å². The summed E-state index contributed by atoms with van der Waals surface area (Å²) in [5.41, 5.74) is 1.86. The molecule has 0 unspecified atom stereocenters. The van der Waals surface area contributed by atoms with Crippen LogP contribution in [0.5, 0.6) is 5.75 Å². The summed E-state index contributed by atoms with van der Waals surface area (Å²) in [5, 5.41) is 6.09. The number of benzene rings is 3. The number of ether oxygens (including phenoxy) is 1. The maximum absolute atomic E-state index is 12.6. The fourth-order valence-electron chi connectivity index (χ4n) is 2.56. The van der Waals surface area contributed by atoms with Gasteiger partial charge in [-0.25, -0.2) is 0 Å². The van der Waals surface area contributed by atoms with Crippen molar-refractivity contribution in [1.29, 1.82) is 0 Å². The molecule has 0 saturated heterocycles. The first kappa shape index (κ1) is 19.9. The van der Waals surface area contributed by atoms with Crippen LogP contribution in [-0.2, 0) is 0 Å². The second-order valence-electron chi connectivity index (χ2n) is 5.84. The van der Waals surface area contributed by atoms with E-state index in [2.05, 4.69) is 26.6 Å². The standard InChI is InChI=1S/C21H16BrClN2O3/c1-28-19-9-8-14(22)11-18(19)21(27)25-16-6-2-4-13(10-16)20(26)24-17-7-3-5-15(23)12-17/h2-12H,1H3,(H,24,26)(H,25,27). The van der Waals surface area contributed by atoms with E-state index < -0.39 is 0 Å². The lowest BCUT2D eigenvalue weighted by Crippen LogP contribution is -2.15. The molecule has 2 N–H and O–H groups in total. The third-order valence-electron chi connectivity index (χ3n) is 3.87. The molecule has 0 radical (unpaired) electrons. The Morgan fingerprint density at radius 2 is 1.57 bits per heavy atom. The van der Waals surface area contributed by atoms with Gasteiger partial charge in [0, 0.05) is 26.4 Å². The summed E-state index contributed by atoms with van der Waals surface area (Å²) >= 11 is 9.29. The lowest BCUT2D eigenvalue weighted by molar-refractivity contribution is 0.101. The highest BCUT2D eigenvalue weighted by Gasteiger charge is 2.14. The first-order chi connectivity index (χ1) is 13.5. The lowest BCUT2D eigenvalue weighted by Gasteiger charge is -2.11. The molecule has 7 heteroatoms. The Morgan fingerprint density at radius 1 is 0.893 bits per heavy atom. The van der Waals surface area contributed by atoms with E-state index in [1.165, 1.54) is 7.11 Å². The summed E-state index contributed by atoms with van der Waals surface area (Å²) in [4.78, 5) is 25.1. The Bertz CT molecular complexity index is 1040. The van der Waals surface area contributed by atoms with Crippen molar-refractivity contribution in [2.24, 2.45) is 0 Å². The fraction of sp³-hybridized carbons (Fsp3) is 0.0476. The summed E-state index contributed by atoms with van der Waals surface area (Å²) in [5.74, 6) is -0.195.